The number of alkyl halides is 3. The zero-order chi connectivity index (χ0) is 21.3. The normalized spacial score (nSPS) is 11.4. The van der Waals surface area contributed by atoms with Crippen LogP contribution < -0.4 is 11.1 Å². The van der Waals surface area contributed by atoms with E-state index in [9.17, 15) is 18.0 Å². The summed E-state index contributed by atoms with van der Waals surface area (Å²) >= 11 is 1.44. The molecule has 0 bridgehead atoms. The van der Waals surface area contributed by atoms with Crippen molar-refractivity contribution in [3.05, 3.63) is 58.8 Å². The fourth-order valence-electron chi connectivity index (χ4n) is 3.15. The Bertz CT molecular complexity index is 1190. The van der Waals surface area contributed by atoms with E-state index in [1.54, 1.807) is 18.2 Å². The number of aromatic nitrogens is 4. The van der Waals surface area contributed by atoms with Crippen molar-refractivity contribution >= 4 is 23.1 Å². The number of urea groups is 1. The lowest BCUT2D eigenvalue weighted by atomic mass is 9.89. The first kappa shape index (κ1) is 19.6. The topological polar surface area (TPSA) is 110 Å². The average Bonchev–Trinajstić information content (AvgIpc) is 3.41. The van der Waals surface area contributed by atoms with Gasteiger partial charge in [0.2, 0.25) is 5.82 Å². The number of aromatic amines is 1. The molecule has 0 aliphatic heterocycles. The summed E-state index contributed by atoms with van der Waals surface area (Å²) in [5.74, 6) is 0.100. The van der Waals surface area contributed by atoms with Gasteiger partial charge in [-0.3, -0.25) is 0 Å². The molecule has 0 saturated carbocycles. The number of halogens is 3. The number of thiophene rings is 1. The lowest BCUT2D eigenvalue weighted by Crippen LogP contribution is -2.20. The van der Waals surface area contributed by atoms with Crippen molar-refractivity contribution in [1.82, 2.24) is 20.6 Å². The van der Waals surface area contributed by atoms with Crippen molar-refractivity contribution in [2.45, 2.75) is 6.18 Å². The zero-order valence-electron chi connectivity index (χ0n) is 15.1. The van der Waals surface area contributed by atoms with Gasteiger partial charge < -0.3 is 11.1 Å². The molecule has 0 spiro atoms. The maximum Gasteiger partial charge on any atom is 0.416 e. The van der Waals surface area contributed by atoms with Gasteiger partial charge in [0.05, 0.1) is 16.8 Å². The van der Waals surface area contributed by atoms with E-state index in [0.29, 0.717) is 16.7 Å². The van der Waals surface area contributed by atoms with Gasteiger partial charge in [-0.2, -0.15) is 29.7 Å². The first-order valence-corrected chi connectivity index (χ1v) is 9.46. The van der Waals surface area contributed by atoms with Gasteiger partial charge in [-0.15, -0.1) is 10.2 Å². The quantitative estimate of drug-likeness (QED) is 0.433. The third kappa shape index (κ3) is 3.74. The molecule has 2 aromatic carbocycles. The van der Waals surface area contributed by atoms with Crippen LogP contribution in [0.1, 0.15) is 5.56 Å². The molecule has 7 nitrogen and oxygen atoms in total. The third-order valence-electron chi connectivity index (χ3n) is 4.34. The molecule has 2 amide bonds. The molecule has 0 atom stereocenters. The van der Waals surface area contributed by atoms with Gasteiger partial charge >= 0.3 is 12.2 Å². The van der Waals surface area contributed by atoms with Crippen LogP contribution in [0.2, 0.25) is 0 Å². The first-order valence-electron chi connectivity index (χ1n) is 8.52. The van der Waals surface area contributed by atoms with E-state index in [0.717, 1.165) is 17.7 Å². The Balaban J connectivity index is 2.07. The SMILES string of the molecule is NC(=O)Nc1ccc(-c2ccsc2)c(-c2cccc(C(F)(F)F)c2)c1-c1nn[nH]n1. The Morgan fingerprint density at radius 3 is 2.57 bits per heavy atom. The van der Waals surface area contributed by atoms with E-state index in [-0.39, 0.29) is 17.1 Å². The molecule has 0 fully saturated rings. The van der Waals surface area contributed by atoms with Crippen molar-refractivity contribution in [2.24, 2.45) is 5.73 Å². The van der Waals surface area contributed by atoms with Crippen molar-refractivity contribution in [1.29, 1.82) is 0 Å². The molecule has 2 aromatic heterocycles. The van der Waals surface area contributed by atoms with Gasteiger partial charge in [0.1, 0.15) is 0 Å². The molecular formula is C19H13F3N6OS. The summed E-state index contributed by atoms with van der Waals surface area (Å²) in [6.45, 7) is 0. The number of tetrazole rings is 1. The minimum absolute atomic E-state index is 0.100. The number of amides is 2. The molecule has 4 N–H and O–H groups in total. The van der Waals surface area contributed by atoms with E-state index in [1.807, 2.05) is 16.8 Å². The number of hydrogen-bond acceptors (Lipinski definition) is 5. The number of nitrogens with zero attached hydrogens (tertiary/aromatic N) is 3. The Kier molecular flexibility index (Phi) is 4.96. The second-order valence-corrected chi connectivity index (χ2v) is 7.01. The summed E-state index contributed by atoms with van der Waals surface area (Å²) < 4.78 is 40.1. The van der Waals surface area contributed by atoms with Crippen molar-refractivity contribution in [3.63, 3.8) is 0 Å². The summed E-state index contributed by atoms with van der Waals surface area (Å²) in [5.41, 5.74) is 7.15. The molecule has 30 heavy (non-hydrogen) atoms. The number of carbonyl (C=O) groups excluding carboxylic acids is 1. The highest BCUT2D eigenvalue weighted by Crippen LogP contribution is 2.44. The predicted octanol–water partition coefficient (Wildman–Crippen LogP) is 4.77. The summed E-state index contributed by atoms with van der Waals surface area (Å²) in [7, 11) is 0. The van der Waals surface area contributed by atoms with Crippen LogP contribution in [0.15, 0.2) is 53.2 Å². The lowest BCUT2D eigenvalue weighted by Gasteiger charge is -2.18. The second kappa shape index (κ2) is 7.59. The summed E-state index contributed by atoms with van der Waals surface area (Å²) in [4.78, 5) is 11.5. The number of nitrogens with two attached hydrogens (primary N) is 1. The first-order chi connectivity index (χ1) is 14.3. The van der Waals surface area contributed by atoms with E-state index in [2.05, 4.69) is 25.9 Å². The number of anilines is 1. The Labute approximate surface area is 171 Å². The largest absolute Gasteiger partial charge is 0.416 e. The van der Waals surface area contributed by atoms with Crippen LogP contribution in [-0.4, -0.2) is 26.7 Å². The summed E-state index contributed by atoms with van der Waals surface area (Å²) in [6, 6.07) is 9.22. The molecule has 0 radical (unpaired) electrons. The molecule has 152 valence electrons. The van der Waals surface area contributed by atoms with E-state index < -0.39 is 17.8 Å². The molecule has 2 heterocycles. The Morgan fingerprint density at radius 2 is 1.93 bits per heavy atom. The maximum absolute atomic E-state index is 13.4. The van der Waals surface area contributed by atoms with Crippen LogP contribution in [0.25, 0.3) is 33.6 Å². The van der Waals surface area contributed by atoms with E-state index in [4.69, 9.17) is 5.73 Å². The van der Waals surface area contributed by atoms with Crippen molar-refractivity contribution in [2.75, 3.05) is 5.32 Å². The van der Waals surface area contributed by atoms with Gasteiger partial charge in [-0.1, -0.05) is 18.2 Å². The van der Waals surface area contributed by atoms with Crippen LogP contribution in [0.4, 0.5) is 23.7 Å². The fraction of sp³-hybridized carbons (Fsp3) is 0.0526. The summed E-state index contributed by atoms with van der Waals surface area (Å²) in [6.07, 6.45) is -4.52. The van der Waals surface area contributed by atoms with Crippen molar-refractivity contribution in [3.8, 4) is 33.6 Å². The highest BCUT2D eigenvalue weighted by atomic mass is 32.1. The molecule has 0 saturated heterocycles. The molecule has 4 aromatic rings. The zero-order valence-corrected chi connectivity index (χ0v) is 15.9. The number of hydrogen-bond donors (Lipinski definition) is 3. The van der Waals surface area contributed by atoms with Gasteiger partial charge in [0.15, 0.2) is 0 Å². The number of nitrogens with one attached hydrogen (secondary N) is 2. The van der Waals surface area contributed by atoms with Gasteiger partial charge in [0, 0.05) is 5.56 Å². The van der Waals surface area contributed by atoms with Crippen LogP contribution in [0, 0.1) is 0 Å². The molecule has 11 heteroatoms. The maximum atomic E-state index is 13.4. The highest BCUT2D eigenvalue weighted by Gasteiger charge is 2.31. The number of H-pyrrole nitrogens is 1. The molecule has 0 aliphatic rings. The highest BCUT2D eigenvalue weighted by molar-refractivity contribution is 7.08. The van der Waals surface area contributed by atoms with Crippen LogP contribution in [-0.2, 0) is 6.18 Å². The fourth-order valence-corrected chi connectivity index (χ4v) is 3.80. The monoisotopic (exact) mass is 430 g/mol. The number of primary amides is 1. The van der Waals surface area contributed by atoms with E-state index in [1.165, 1.54) is 17.4 Å². The van der Waals surface area contributed by atoms with Gasteiger partial charge in [0.25, 0.3) is 0 Å². The molecule has 0 unspecified atom stereocenters. The number of carbonyl (C=O) groups is 1. The molecule has 0 aliphatic carbocycles. The summed E-state index contributed by atoms with van der Waals surface area (Å²) in [5, 5.41) is 20.0. The van der Waals surface area contributed by atoms with E-state index >= 15 is 0 Å². The van der Waals surface area contributed by atoms with Crippen LogP contribution in [0.5, 0.6) is 0 Å². The Hall–Kier alpha value is -3.73. The average molecular weight is 430 g/mol. The van der Waals surface area contributed by atoms with Crippen LogP contribution >= 0.6 is 11.3 Å². The van der Waals surface area contributed by atoms with Crippen LogP contribution in [0.3, 0.4) is 0 Å². The molecule has 4 rings (SSSR count). The van der Waals surface area contributed by atoms with Gasteiger partial charge in [-0.05, 0) is 56.9 Å². The number of benzene rings is 2. The lowest BCUT2D eigenvalue weighted by molar-refractivity contribution is -0.137. The second-order valence-electron chi connectivity index (χ2n) is 6.23. The standard InChI is InChI=1S/C19H13F3N6OS/c20-19(21,22)12-3-1-2-10(8-12)15-13(11-6-7-30-9-11)4-5-14(24-18(23)29)16(15)17-25-27-28-26-17/h1-9H,(H3,23,24,29)(H,25,26,27,28). The van der Waals surface area contributed by atoms with Crippen molar-refractivity contribution < 1.29 is 18.0 Å². The smallest absolute Gasteiger partial charge is 0.351 e. The predicted molar refractivity (Wildman–Crippen MR) is 107 cm³/mol. The number of rotatable bonds is 4. The van der Waals surface area contributed by atoms with Gasteiger partial charge in [-0.25, -0.2) is 4.79 Å². The minimum atomic E-state index is -4.52. The minimum Gasteiger partial charge on any atom is -0.351 e. The molecular weight excluding hydrogens is 417 g/mol. The Morgan fingerprint density at radius 1 is 1.10 bits per heavy atom. The third-order valence-corrected chi connectivity index (χ3v) is 5.03.